The van der Waals surface area contributed by atoms with E-state index in [4.69, 9.17) is 0 Å². The lowest BCUT2D eigenvalue weighted by Gasteiger charge is -2.16. The normalized spacial score (nSPS) is 10.3. The van der Waals surface area contributed by atoms with E-state index in [1.54, 1.807) is 6.07 Å². The highest BCUT2D eigenvalue weighted by molar-refractivity contribution is 9.10. The van der Waals surface area contributed by atoms with Crippen molar-refractivity contribution in [2.45, 2.75) is 6.92 Å². The predicted molar refractivity (Wildman–Crippen MR) is 87.6 cm³/mol. The third-order valence-corrected chi connectivity index (χ3v) is 3.52. The van der Waals surface area contributed by atoms with Crippen molar-refractivity contribution in [2.24, 2.45) is 0 Å². The van der Waals surface area contributed by atoms with Gasteiger partial charge in [0.15, 0.2) is 0 Å². The van der Waals surface area contributed by atoms with Crippen molar-refractivity contribution in [2.75, 3.05) is 24.3 Å². The Labute approximate surface area is 131 Å². The molecular weight excluding hydrogens is 335 g/mol. The number of hydrogen-bond acceptors (Lipinski definition) is 2. The second-order valence-corrected chi connectivity index (χ2v) is 5.92. The number of amides is 1. The van der Waals surface area contributed by atoms with Gasteiger partial charge in [0.25, 0.3) is 5.91 Å². The Morgan fingerprint density at radius 1 is 1.19 bits per heavy atom. The van der Waals surface area contributed by atoms with Gasteiger partial charge in [0.1, 0.15) is 5.82 Å². The van der Waals surface area contributed by atoms with E-state index >= 15 is 0 Å². The average Bonchev–Trinajstić information content (AvgIpc) is 2.37. The molecule has 0 unspecified atom stereocenters. The van der Waals surface area contributed by atoms with Gasteiger partial charge in [-0.2, -0.15) is 0 Å². The van der Waals surface area contributed by atoms with Crippen LogP contribution < -0.4 is 10.2 Å². The highest BCUT2D eigenvalue weighted by Gasteiger charge is 2.10. The summed E-state index contributed by atoms with van der Waals surface area (Å²) >= 11 is 3.18. The molecule has 110 valence electrons. The summed E-state index contributed by atoms with van der Waals surface area (Å²) in [6.45, 7) is 1.98. The van der Waals surface area contributed by atoms with Crippen LogP contribution in [0.2, 0.25) is 0 Å². The molecule has 5 heteroatoms. The number of carbonyl (C=O) groups excluding carboxylic acids is 1. The molecule has 0 fully saturated rings. The minimum atomic E-state index is -0.450. The topological polar surface area (TPSA) is 32.3 Å². The van der Waals surface area contributed by atoms with E-state index in [-0.39, 0.29) is 11.5 Å². The van der Waals surface area contributed by atoms with Gasteiger partial charge in [0.05, 0.1) is 0 Å². The van der Waals surface area contributed by atoms with Crippen LogP contribution in [0.15, 0.2) is 40.9 Å². The Morgan fingerprint density at radius 2 is 1.90 bits per heavy atom. The average molecular weight is 351 g/mol. The SMILES string of the molecule is Cc1cc(NC(=O)c2cc(F)cc(Br)c2)ccc1N(C)C. The van der Waals surface area contributed by atoms with Crippen LogP contribution in [0.25, 0.3) is 0 Å². The summed E-state index contributed by atoms with van der Waals surface area (Å²) in [4.78, 5) is 14.1. The fraction of sp³-hybridized carbons (Fsp3) is 0.188. The highest BCUT2D eigenvalue weighted by Crippen LogP contribution is 2.22. The molecule has 0 spiro atoms. The largest absolute Gasteiger partial charge is 0.377 e. The molecule has 2 rings (SSSR count). The fourth-order valence-corrected chi connectivity index (χ4v) is 2.59. The molecule has 1 amide bonds. The number of halogens is 2. The Kier molecular flexibility index (Phi) is 4.63. The minimum absolute atomic E-state index is 0.274. The Hall–Kier alpha value is -1.88. The van der Waals surface area contributed by atoms with E-state index in [0.717, 1.165) is 11.3 Å². The van der Waals surface area contributed by atoms with Gasteiger partial charge in [-0.15, -0.1) is 0 Å². The molecule has 0 heterocycles. The third-order valence-electron chi connectivity index (χ3n) is 3.06. The second-order valence-electron chi connectivity index (χ2n) is 5.01. The van der Waals surface area contributed by atoms with Crippen LogP contribution in [0.1, 0.15) is 15.9 Å². The van der Waals surface area contributed by atoms with Crippen LogP contribution in [0, 0.1) is 12.7 Å². The summed E-state index contributed by atoms with van der Waals surface area (Å²) in [5.74, 6) is -0.791. The number of nitrogens with one attached hydrogen (secondary N) is 1. The first-order valence-electron chi connectivity index (χ1n) is 6.42. The van der Waals surface area contributed by atoms with Gasteiger partial charge in [0.2, 0.25) is 0 Å². The van der Waals surface area contributed by atoms with Crippen LogP contribution in [-0.2, 0) is 0 Å². The van der Waals surface area contributed by atoms with E-state index in [0.29, 0.717) is 10.2 Å². The Bertz CT molecular complexity index is 666. The van der Waals surface area contributed by atoms with E-state index in [2.05, 4.69) is 21.2 Å². The van der Waals surface area contributed by atoms with Gasteiger partial charge in [-0.1, -0.05) is 15.9 Å². The fourth-order valence-electron chi connectivity index (χ4n) is 2.12. The first-order valence-corrected chi connectivity index (χ1v) is 7.21. The van der Waals surface area contributed by atoms with Crippen molar-refractivity contribution in [3.63, 3.8) is 0 Å². The zero-order valence-electron chi connectivity index (χ0n) is 12.1. The lowest BCUT2D eigenvalue weighted by atomic mass is 10.1. The monoisotopic (exact) mass is 350 g/mol. The molecule has 0 aliphatic heterocycles. The number of nitrogens with zero attached hydrogens (tertiary/aromatic N) is 1. The van der Waals surface area contributed by atoms with Crippen LogP contribution in [0.3, 0.4) is 0 Å². The van der Waals surface area contributed by atoms with Crippen LogP contribution in [0.4, 0.5) is 15.8 Å². The molecule has 2 aromatic carbocycles. The summed E-state index contributed by atoms with van der Waals surface area (Å²) in [6, 6.07) is 9.76. The molecule has 3 nitrogen and oxygen atoms in total. The van der Waals surface area contributed by atoms with Gasteiger partial charge in [-0.3, -0.25) is 4.79 Å². The van der Waals surface area contributed by atoms with Gasteiger partial charge in [-0.25, -0.2) is 4.39 Å². The van der Waals surface area contributed by atoms with E-state index < -0.39 is 5.82 Å². The van der Waals surface area contributed by atoms with Crippen molar-refractivity contribution in [3.8, 4) is 0 Å². The molecular formula is C16H16BrFN2O. The standard InChI is InChI=1S/C16H16BrFN2O/c1-10-6-14(4-5-15(10)20(2)3)19-16(21)11-7-12(17)9-13(18)8-11/h4-9H,1-3H3,(H,19,21). The van der Waals surface area contributed by atoms with Crippen LogP contribution in [-0.4, -0.2) is 20.0 Å². The molecule has 0 radical (unpaired) electrons. The number of benzene rings is 2. The molecule has 0 aromatic heterocycles. The third kappa shape index (κ3) is 3.82. The Morgan fingerprint density at radius 3 is 2.48 bits per heavy atom. The predicted octanol–water partition coefficient (Wildman–Crippen LogP) is 4.21. The molecule has 2 aromatic rings. The van der Waals surface area contributed by atoms with Crippen LogP contribution in [0.5, 0.6) is 0 Å². The van der Waals surface area contributed by atoms with Crippen molar-refractivity contribution in [1.29, 1.82) is 0 Å². The summed E-state index contributed by atoms with van der Waals surface area (Å²) in [5.41, 5.74) is 3.10. The molecule has 21 heavy (non-hydrogen) atoms. The summed E-state index contributed by atoms with van der Waals surface area (Å²) in [5, 5.41) is 2.77. The maximum Gasteiger partial charge on any atom is 0.255 e. The quantitative estimate of drug-likeness (QED) is 0.898. The molecule has 1 N–H and O–H groups in total. The smallest absolute Gasteiger partial charge is 0.255 e. The molecule has 0 bridgehead atoms. The number of aryl methyl sites for hydroxylation is 1. The van der Waals surface area contributed by atoms with E-state index in [9.17, 15) is 9.18 Å². The maximum atomic E-state index is 13.3. The lowest BCUT2D eigenvalue weighted by molar-refractivity contribution is 0.102. The minimum Gasteiger partial charge on any atom is -0.377 e. The summed E-state index contributed by atoms with van der Waals surface area (Å²) in [6.07, 6.45) is 0. The number of rotatable bonds is 3. The van der Waals surface area contributed by atoms with Gasteiger partial charge in [0, 0.05) is 35.5 Å². The van der Waals surface area contributed by atoms with Gasteiger partial charge >= 0.3 is 0 Å². The number of hydrogen-bond donors (Lipinski definition) is 1. The van der Waals surface area contributed by atoms with Gasteiger partial charge in [-0.05, 0) is 48.9 Å². The molecule has 0 atom stereocenters. The summed E-state index contributed by atoms with van der Waals surface area (Å²) in [7, 11) is 3.93. The van der Waals surface area contributed by atoms with Crippen molar-refractivity contribution in [3.05, 3.63) is 57.8 Å². The maximum absolute atomic E-state index is 13.3. The first kappa shape index (κ1) is 15.5. The van der Waals surface area contributed by atoms with Crippen molar-refractivity contribution >= 4 is 33.2 Å². The molecule has 0 saturated carbocycles. The molecule has 0 aliphatic carbocycles. The summed E-state index contributed by atoms with van der Waals surface area (Å²) < 4.78 is 13.9. The van der Waals surface area contributed by atoms with Crippen LogP contribution >= 0.6 is 15.9 Å². The highest BCUT2D eigenvalue weighted by atomic mass is 79.9. The zero-order valence-corrected chi connectivity index (χ0v) is 13.7. The molecule has 0 aliphatic rings. The van der Waals surface area contributed by atoms with E-state index in [1.807, 2.05) is 44.1 Å². The lowest BCUT2D eigenvalue weighted by Crippen LogP contribution is -2.14. The zero-order chi connectivity index (χ0) is 15.6. The van der Waals surface area contributed by atoms with E-state index in [1.165, 1.54) is 12.1 Å². The number of anilines is 2. The van der Waals surface area contributed by atoms with Crippen molar-refractivity contribution < 1.29 is 9.18 Å². The second kappa shape index (κ2) is 6.26. The van der Waals surface area contributed by atoms with Gasteiger partial charge < -0.3 is 10.2 Å². The number of carbonyl (C=O) groups is 1. The molecule has 0 saturated heterocycles. The Balaban J connectivity index is 2.21. The first-order chi connectivity index (χ1) is 9.86. The van der Waals surface area contributed by atoms with Crippen molar-refractivity contribution in [1.82, 2.24) is 0 Å².